The minimum Gasteiger partial charge on any atom is -0.495 e. The number of hydrogen-bond acceptors (Lipinski definition) is 5. The molecule has 1 aliphatic rings. The zero-order valence-electron chi connectivity index (χ0n) is 13.9. The lowest BCUT2D eigenvalue weighted by atomic mass is 10.1. The van der Waals surface area contributed by atoms with Gasteiger partial charge in [-0.05, 0) is 66.5 Å². The average molecular weight is 401 g/mol. The summed E-state index contributed by atoms with van der Waals surface area (Å²) in [5, 5.41) is 4.39. The summed E-state index contributed by atoms with van der Waals surface area (Å²) in [6, 6.07) is 6.60. The molecule has 5 nitrogen and oxygen atoms in total. The van der Waals surface area contributed by atoms with Crippen LogP contribution in [0.1, 0.15) is 24.4 Å². The Kier molecular flexibility index (Phi) is 6.01. The molecule has 0 amide bonds. The third-order valence-corrected chi connectivity index (χ3v) is 6.83. The first-order valence-corrected chi connectivity index (χ1v) is 10.9. The second kappa shape index (κ2) is 8.05. The molecule has 0 unspecified atom stereocenters. The molecule has 0 saturated carbocycles. The quantitative estimate of drug-likeness (QED) is 0.772. The summed E-state index contributed by atoms with van der Waals surface area (Å²) in [6.45, 7) is 2.33. The van der Waals surface area contributed by atoms with E-state index in [1.807, 2.05) is 5.38 Å². The van der Waals surface area contributed by atoms with Gasteiger partial charge in [0.2, 0.25) is 10.0 Å². The molecular formula is C17H21ClN2O3S2. The van der Waals surface area contributed by atoms with Crippen LogP contribution in [0.4, 0.5) is 0 Å². The Balaban J connectivity index is 1.76. The smallest absolute Gasteiger partial charge is 0.240 e. The lowest BCUT2D eigenvalue weighted by molar-refractivity contribution is 0.247. The number of likely N-dealkylation sites (tertiary alicyclic amines) is 1. The number of methoxy groups -OCH3 is 1. The summed E-state index contributed by atoms with van der Waals surface area (Å²) in [4.78, 5) is 2.48. The van der Waals surface area contributed by atoms with Gasteiger partial charge in [0.25, 0.3) is 0 Å². The van der Waals surface area contributed by atoms with Gasteiger partial charge in [-0.25, -0.2) is 13.1 Å². The highest BCUT2D eigenvalue weighted by molar-refractivity contribution is 7.89. The molecule has 1 fully saturated rings. The summed E-state index contributed by atoms with van der Waals surface area (Å²) in [7, 11) is -2.14. The van der Waals surface area contributed by atoms with Crippen LogP contribution in [0.2, 0.25) is 5.02 Å². The number of benzene rings is 1. The van der Waals surface area contributed by atoms with Crippen LogP contribution < -0.4 is 9.46 Å². The summed E-state index contributed by atoms with van der Waals surface area (Å²) in [5.41, 5.74) is 1.15. The van der Waals surface area contributed by atoms with Gasteiger partial charge in [-0.3, -0.25) is 4.90 Å². The molecule has 3 rings (SSSR count). The Hall–Kier alpha value is -1.12. The van der Waals surface area contributed by atoms with Crippen molar-refractivity contribution in [3.05, 3.63) is 45.6 Å². The molecule has 1 aromatic carbocycles. The summed E-state index contributed by atoms with van der Waals surface area (Å²) in [6.07, 6.45) is 2.31. The van der Waals surface area contributed by atoms with Crippen molar-refractivity contribution < 1.29 is 13.2 Å². The fourth-order valence-electron chi connectivity index (χ4n) is 3.06. The van der Waals surface area contributed by atoms with Crippen LogP contribution in [0.15, 0.2) is 39.9 Å². The number of thiophene rings is 1. The van der Waals surface area contributed by atoms with Crippen LogP contribution in [0, 0.1) is 0 Å². The molecule has 1 aliphatic heterocycles. The van der Waals surface area contributed by atoms with Gasteiger partial charge < -0.3 is 4.74 Å². The first-order chi connectivity index (χ1) is 12.0. The Morgan fingerprint density at radius 3 is 2.68 bits per heavy atom. The van der Waals surface area contributed by atoms with E-state index in [0.717, 1.165) is 31.5 Å². The average Bonchev–Trinajstić information content (AvgIpc) is 3.29. The summed E-state index contributed by atoms with van der Waals surface area (Å²) in [5.74, 6) is 0.453. The molecule has 8 heteroatoms. The highest BCUT2D eigenvalue weighted by Crippen LogP contribution is 2.29. The SMILES string of the molecule is COc1ccc(S(=O)(=O)NC[C@H](c2ccsc2)N2CCCC2)cc1Cl. The van der Waals surface area contributed by atoms with Gasteiger partial charge >= 0.3 is 0 Å². The van der Waals surface area contributed by atoms with Crippen LogP contribution in [-0.2, 0) is 10.0 Å². The monoisotopic (exact) mass is 400 g/mol. The van der Waals surface area contributed by atoms with Crippen LogP contribution >= 0.6 is 22.9 Å². The second-order valence-corrected chi connectivity index (χ2v) is 8.92. The van der Waals surface area contributed by atoms with E-state index in [-0.39, 0.29) is 16.0 Å². The lowest BCUT2D eigenvalue weighted by Gasteiger charge is -2.27. The van der Waals surface area contributed by atoms with Crippen molar-refractivity contribution in [3.8, 4) is 5.75 Å². The molecule has 1 saturated heterocycles. The zero-order valence-corrected chi connectivity index (χ0v) is 16.3. The van der Waals surface area contributed by atoms with Gasteiger partial charge in [-0.15, -0.1) is 0 Å². The molecule has 2 aromatic rings. The maximum Gasteiger partial charge on any atom is 0.240 e. The molecule has 25 heavy (non-hydrogen) atoms. The minimum absolute atomic E-state index is 0.0530. The van der Waals surface area contributed by atoms with Crippen LogP contribution in [0.5, 0.6) is 5.75 Å². The van der Waals surface area contributed by atoms with E-state index < -0.39 is 10.0 Å². The minimum atomic E-state index is -3.64. The van der Waals surface area contributed by atoms with E-state index in [2.05, 4.69) is 21.1 Å². The number of hydrogen-bond donors (Lipinski definition) is 1. The van der Waals surface area contributed by atoms with E-state index >= 15 is 0 Å². The zero-order chi connectivity index (χ0) is 17.9. The first kappa shape index (κ1) is 18.7. The number of nitrogens with one attached hydrogen (secondary N) is 1. The van der Waals surface area contributed by atoms with E-state index in [4.69, 9.17) is 16.3 Å². The van der Waals surface area contributed by atoms with Crippen molar-refractivity contribution in [2.75, 3.05) is 26.7 Å². The Bertz CT molecular complexity index is 803. The molecule has 0 spiro atoms. The highest BCUT2D eigenvalue weighted by Gasteiger charge is 2.26. The van der Waals surface area contributed by atoms with Gasteiger partial charge in [0.05, 0.1) is 17.0 Å². The standard InChI is InChI=1S/C17H21ClN2O3S2/c1-23-17-5-4-14(10-15(17)18)25(21,22)19-11-16(13-6-9-24-12-13)20-7-2-3-8-20/h4-6,9-10,12,16,19H,2-3,7-8,11H2,1H3/t16-/m1/s1. The molecular weight excluding hydrogens is 380 g/mol. The molecule has 0 bridgehead atoms. The van der Waals surface area contributed by atoms with Gasteiger partial charge in [0.15, 0.2) is 0 Å². The largest absolute Gasteiger partial charge is 0.495 e. The third kappa shape index (κ3) is 4.35. The van der Waals surface area contributed by atoms with Crippen molar-refractivity contribution in [2.24, 2.45) is 0 Å². The predicted octanol–water partition coefficient (Wildman–Crippen LogP) is 3.53. The Labute approximate surface area is 157 Å². The molecule has 1 atom stereocenters. The van der Waals surface area contributed by atoms with Gasteiger partial charge in [-0.2, -0.15) is 11.3 Å². The summed E-state index contributed by atoms with van der Waals surface area (Å²) >= 11 is 7.69. The number of halogens is 1. The molecule has 1 aromatic heterocycles. The highest BCUT2D eigenvalue weighted by atomic mass is 35.5. The van der Waals surface area contributed by atoms with Gasteiger partial charge in [-0.1, -0.05) is 11.6 Å². The normalized spacial score (nSPS) is 16.9. The number of ether oxygens (including phenoxy) is 1. The number of rotatable bonds is 7. The molecule has 0 aliphatic carbocycles. The third-order valence-electron chi connectivity index (χ3n) is 4.41. The van der Waals surface area contributed by atoms with Crippen molar-refractivity contribution >= 4 is 33.0 Å². The lowest BCUT2D eigenvalue weighted by Crippen LogP contribution is -2.36. The van der Waals surface area contributed by atoms with Crippen molar-refractivity contribution in [2.45, 2.75) is 23.8 Å². The van der Waals surface area contributed by atoms with Crippen LogP contribution in [0.25, 0.3) is 0 Å². The first-order valence-electron chi connectivity index (χ1n) is 8.10. The van der Waals surface area contributed by atoms with Crippen molar-refractivity contribution in [1.29, 1.82) is 0 Å². The Morgan fingerprint density at radius 1 is 1.32 bits per heavy atom. The number of nitrogens with zero attached hydrogens (tertiary/aromatic N) is 1. The van der Waals surface area contributed by atoms with Gasteiger partial charge in [0.1, 0.15) is 5.75 Å². The Morgan fingerprint density at radius 2 is 2.08 bits per heavy atom. The van der Waals surface area contributed by atoms with Gasteiger partial charge in [0, 0.05) is 12.6 Å². The van der Waals surface area contributed by atoms with E-state index in [0.29, 0.717) is 12.3 Å². The fraction of sp³-hybridized carbons (Fsp3) is 0.412. The van der Waals surface area contributed by atoms with Crippen LogP contribution in [-0.4, -0.2) is 40.1 Å². The van der Waals surface area contributed by atoms with E-state index in [9.17, 15) is 8.42 Å². The molecule has 1 N–H and O–H groups in total. The number of sulfonamides is 1. The van der Waals surface area contributed by atoms with Crippen molar-refractivity contribution in [3.63, 3.8) is 0 Å². The fourth-order valence-corrected chi connectivity index (χ4v) is 5.16. The summed E-state index contributed by atoms with van der Waals surface area (Å²) < 4.78 is 33.1. The molecule has 0 radical (unpaired) electrons. The van der Waals surface area contributed by atoms with E-state index in [1.165, 1.54) is 19.2 Å². The van der Waals surface area contributed by atoms with Crippen LogP contribution in [0.3, 0.4) is 0 Å². The molecule has 136 valence electrons. The second-order valence-electron chi connectivity index (χ2n) is 5.96. The maximum absolute atomic E-state index is 12.6. The van der Waals surface area contributed by atoms with Crippen molar-refractivity contribution in [1.82, 2.24) is 9.62 Å². The predicted molar refractivity (Wildman–Crippen MR) is 101 cm³/mol. The maximum atomic E-state index is 12.6. The molecule has 2 heterocycles. The van der Waals surface area contributed by atoms with E-state index in [1.54, 1.807) is 17.4 Å². The topological polar surface area (TPSA) is 58.6 Å².